The number of hydrogen-bond acceptors (Lipinski definition) is 5. The van der Waals surface area contributed by atoms with Gasteiger partial charge in [-0.25, -0.2) is 14.8 Å². The van der Waals surface area contributed by atoms with Gasteiger partial charge in [0.15, 0.2) is 5.69 Å². The molecule has 0 aliphatic rings. The molecule has 0 atom stereocenters. The zero-order valence-corrected chi connectivity index (χ0v) is 10.4. The van der Waals surface area contributed by atoms with E-state index >= 15 is 0 Å². The number of anilines is 1. The van der Waals surface area contributed by atoms with Gasteiger partial charge in [0.1, 0.15) is 5.82 Å². The molecular weight excluding hydrogens is 236 g/mol. The van der Waals surface area contributed by atoms with Gasteiger partial charge in [-0.3, -0.25) is 4.79 Å². The number of carboxylic acids is 1. The predicted octanol–water partition coefficient (Wildman–Crippen LogP) is 0.455. The van der Waals surface area contributed by atoms with E-state index in [4.69, 9.17) is 5.11 Å². The molecule has 0 spiro atoms. The van der Waals surface area contributed by atoms with Gasteiger partial charge < -0.3 is 15.3 Å². The Morgan fingerprint density at radius 1 is 1.28 bits per heavy atom. The number of carboxylic acid groups (broad SMARTS) is 1. The van der Waals surface area contributed by atoms with E-state index in [0.717, 1.165) is 6.20 Å². The van der Waals surface area contributed by atoms with E-state index in [1.54, 1.807) is 4.90 Å². The Morgan fingerprint density at radius 3 is 2.39 bits per heavy atom. The maximum atomic E-state index is 11.7. The van der Waals surface area contributed by atoms with Crippen molar-refractivity contribution in [3.8, 4) is 0 Å². The van der Waals surface area contributed by atoms with Crippen LogP contribution >= 0.6 is 0 Å². The van der Waals surface area contributed by atoms with Crippen molar-refractivity contribution in [2.24, 2.45) is 0 Å². The SMILES string of the molecule is CCN(CC)C(=O)CNc1cnc(C(=O)O)cn1. The van der Waals surface area contributed by atoms with E-state index < -0.39 is 5.97 Å². The number of likely N-dealkylation sites (N-methyl/N-ethyl adjacent to an activating group) is 1. The van der Waals surface area contributed by atoms with E-state index in [0.29, 0.717) is 18.9 Å². The van der Waals surface area contributed by atoms with Crippen molar-refractivity contribution in [3.05, 3.63) is 18.1 Å². The number of hydrogen-bond donors (Lipinski definition) is 2. The molecule has 1 heterocycles. The summed E-state index contributed by atoms with van der Waals surface area (Å²) in [5, 5.41) is 11.4. The van der Waals surface area contributed by atoms with Crippen LogP contribution in [0.3, 0.4) is 0 Å². The zero-order chi connectivity index (χ0) is 13.5. The number of nitrogens with one attached hydrogen (secondary N) is 1. The summed E-state index contributed by atoms with van der Waals surface area (Å²) in [6, 6.07) is 0. The molecular formula is C11H16N4O3. The van der Waals surface area contributed by atoms with Gasteiger partial charge in [-0.2, -0.15) is 0 Å². The number of amides is 1. The minimum atomic E-state index is -1.13. The third-order valence-electron chi connectivity index (χ3n) is 2.41. The molecule has 7 nitrogen and oxygen atoms in total. The molecule has 7 heteroatoms. The topological polar surface area (TPSA) is 95.4 Å². The second-order valence-electron chi connectivity index (χ2n) is 3.51. The second kappa shape index (κ2) is 6.53. The van der Waals surface area contributed by atoms with E-state index in [2.05, 4.69) is 15.3 Å². The Morgan fingerprint density at radius 2 is 1.94 bits per heavy atom. The van der Waals surface area contributed by atoms with Crippen LogP contribution < -0.4 is 5.32 Å². The summed E-state index contributed by atoms with van der Waals surface area (Å²) < 4.78 is 0. The highest BCUT2D eigenvalue weighted by atomic mass is 16.4. The first-order chi connectivity index (χ1) is 8.58. The summed E-state index contributed by atoms with van der Waals surface area (Å²) in [6.45, 7) is 5.23. The number of rotatable bonds is 6. The molecule has 0 saturated carbocycles. The van der Waals surface area contributed by atoms with Crippen molar-refractivity contribution in [1.82, 2.24) is 14.9 Å². The Balaban J connectivity index is 2.53. The van der Waals surface area contributed by atoms with E-state index in [-0.39, 0.29) is 18.1 Å². The Hall–Kier alpha value is -2.18. The lowest BCUT2D eigenvalue weighted by Gasteiger charge is -2.18. The van der Waals surface area contributed by atoms with Crippen molar-refractivity contribution >= 4 is 17.7 Å². The smallest absolute Gasteiger partial charge is 0.356 e. The van der Waals surface area contributed by atoms with Crippen LogP contribution in [0.2, 0.25) is 0 Å². The van der Waals surface area contributed by atoms with Crippen LogP contribution in [0.25, 0.3) is 0 Å². The van der Waals surface area contributed by atoms with E-state index in [9.17, 15) is 9.59 Å². The second-order valence-corrected chi connectivity index (χ2v) is 3.51. The van der Waals surface area contributed by atoms with Gasteiger partial charge in [-0.05, 0) is 13.8 Å². The van der Waals surface area contributed by atoms with Crippen LogP contribution in [-0.4, -0.2) is 51.5 Å². The van der Waals surface area contributed by atoms with Crippen LogP contribution in [0.1, 0.15) is 24.3 Å². The fraction of sp³-hybridized carbons (Fsp3) is 0.455. The molecule has 2 N–H and O–H groups in total. The minimum Gasteiger partial charge on any atom is -0.476 e. The van der Waals surface area contributed by atoms with Crippen LogP contribution in [0, 0.1) is 0 Å². The molecule has 0 radical (unpaired) electrons. The molecule has 1 aromatic rings. The minimum absolute atomic E-state index is 0.0379. The Labute approximate surface area is 105 Å². The van der Waals surface area contributed by atoms with E-state index in [1.807, 2.05) is 13.8 Å². The molecule has 18 heavy (non-hydrogen) atoms. The van der Waals surface area contributed by atoms with Gasteiger partial charge in [0.05, 0.1) is 18.9 Å². The molecule has 1 rings (SSSR count). The molecule has 0 aromatic carbocycles. The molecule has 1 amide bonds. The Kier molecular flexibility index (Phi) is 5.04. The van der Waals surface area contributed by atoms with Gasteiger partial charge in [0, 0.05) is 13.1 Å². The number of carbonyl (C=O) groups is 2. The van der Waals surface area contributed by atoms with Gasteiger partial charge in [-0.1, -0.05) is 0 Å². The standard InChI is InChI=1S/C11H16N4O3/c1-3-15(4-2)10(16)7-14-9-6-12-8(5-13-9)11(17)18/h5-6H,3-4,7H2,1-2H3,(H,13,14)(H,17,18). The number of carbonyl (C=O) groups excluding carboxylic acids is 1. The Bertz CT molecular complexity index is 415. The highest BCUT2D eigenvalue weighted by Crippen LogP contribution is 2.01. The fourth-order valence-electron chi connectivity index (χ4n) is 1.38. The maximum Gasteiger partial charge on any atom is 0.356 e. The highest BCUT2D eigenvalue weighted by molar-refractivity contribution is 5.85. The fourth-order valence-corrected chi connectivity index (χ4v) is 1.38. The summed E-state index contributed by atoms with van der Waals surface area (Å²) in [7, 11) is 0. The van der Waals surface area contributed by atoms with Gasteiger partial charge >= 0.3 is 5.97 Å². The number of nitrogens with zero attached hydrogens (tertiary/aromatic N) is 3. The first kappa shape index (κ1) is 13.9. The molecule has 0 saturated heterocycles. The lowest BCUT2D eigenvalue weighted by Crippen LogP contribution is -2.35. The maximum absolute atomic E-state index is 11.7. The third kappa shape index (κ3) is 3.69. The van der Waals surface area contributed by atoms with Crippen LogP contribution in [0.5, 0.6) is 0 Å². The number of aromatic nitrogens is 2. The molecule has 0 bridgehead atoms. The molecule has 0 unspecified atom stereocenters. The molecule has 0 fully saturated rings. The average molecular weight is 252 g/mol. The van der Waals surface area contributed by atoms with Crippen molar-refractivity contribution in [2.45, 2.75) is 13.8 Å². The molecule has 0 aliphatic heterocycles. The van der Waals surface area contributed by atoms with Gasteiger partial charge in [-0.15, -0.1) is 0 Å². The molecule has 1 aromatic heterocycles. The normalized spacial score (nSPS) is 9.89. The summed E-state index contributed by atoms with van der Waals surface area (Å²) >= 11 is 0. The average Bonchev–Trinajstić information content (AvgIpc) is 2.38. The van der Waals surface area contributed by atoms with Crippen LogP contribution in [0.4, 0.5) is 5.82 Å². The van der Waals surface area contributed by atoms with Crippen molar-refractivity contribution in [2.75, 3.05) is 25.0 Å². The quantitative estimate of drug-likeness (QED) is 0.763. The van der Waals surface area contributed by atoms with Crippen molar-refractivity contribution in [3.63, 3.8) is 0 Å². The lowest BCUT2D eigenvalue weighted by atomic mass is 10.4. The largest absolute Gasteiger partial charge is 0.476 e. The molecule has 98 valence electrons. The summed E-state index contributed by atoms with van der Waals surface area (Å²) in [4.78, 5) is 31.5. The molecule has 0 aliphatic carbocycles. The van der Waals surface area contributed by atoms with Gasteiger partial charge in [0.25, 0.3) is 0 Å². The summed E-state index contributed by atoms with van der Waals surface area (Å²) in [6.07, 6.45) is 2.44. The first-order valence-corrected chi connectivity index (χ1v) is 5.65. The van der Waals surface area contributed by atoms with Crippen molar-refractivity contribution < 1.29 is 14.7 Å². The summed E-state index contributed by atoms with van der Waals surface area (Å²) in [5.41, 5.74) is -0.129. The third-order valence-corrected chi connectivity index (χ3v) is 2.41. The predicted molar refractivity (Wildman–Crippen MR) is 65.4 cm³/mol. The van der Waals surface area contributed by atoms with Crippen molar-refractivity contribution in [1.29, 1.82) is 0 Å². The zero-order valence-electron chi connectivity index (χ0n) is 10.4. The van der Waals surface area contributed by atoms with Crippen LogP contribution in [-0.2, 0) is 4.79 Å². The van der Waals surface area contributed by atoms with Gasteiger partial charge in [0.2, 0.25) is 5.91 Å². The first-order valence-electron chi connectivity index (χ1n) is 5.65. The van der Waals surface area contributed by atoms with Crippen LogP contribution in [0.15, 0.2) is 12.4 Å². The lowest BCUT2D eigenvalue weighted by molar-refractivity contribution is -0.128. The van der Waals surface area contributed by atoms with E-state index in [1.165, 1.54) is 6.20 Å². The number of aromatic carboxylic acids is 1. The summed E-state index contributed by atoms with van der Waals surface area (Å²) in [5.74, 6) is -0.794. The highest BCUT2D eigenvalue weighted by Gasteiger charge is 2.09. The monoisotopic (exact) mass is 252 g/mol.